The molecule has 3 fully saturated rings. The Labute approximate surface area is 218 Å². The van der Waals surface area contributed by atoms with Crippen LogP contribution in [-0.2, 0) is 42.9 Å². The molecule has 37 heavy (non-hydrogen) atoms. The second kappa shape index (κ2) is 10.2. The topological polar surface area (TPSA) is 122 Å². The summed E-state index contributed by atoms with van der Waals surface area (Å²) in [6.45, 7) is 17.2. The van der Waals surface area contributed by atoms with Crippen molar-refractivity contribution in [3.8, 4) is 0 Å². The first-order valence-corrected chi connectivity index (χ1v) is 12.9. The van der Waals surface area contributed by atoms with E-state index in [4.69, 9.17) is 18.9 Å². The molecule has 206 valence electrons. The Hall–Kier alpha value is -2.71. The van der Waals surface area contributed by atoms with Crippen LogP contribution in [0.15, 0.2) is 12.2 Å². The molecule has 9 unspecified atom stereocenters. The minimum atomic E-state index is -0.967. The maximum Gasteiger partial charge on any atom is 0.303 e. The third kappa shape index (κ3) is 5.18. The van der Waals surface area contributed by atoms with Crippen LogP contribution in [0.1, 0.15) is 74.7 Å². The molecule has 0 aliphatic heterocycles. The van der Waals surface area contributed by atoms with Crippen molar-refractivity contribution in [2.24, 2.45) is 34.5 Å². The Balaban J connectivity index is 2.35. The molecule has 0 aromatic carbocycles. The van der Waals surface area contributed by atoms with Gasteiger partial charge in [0.1, 0.15) is 30.2 Å². The van der Waals surface area contributed by atoms with Gasteiger partial charge in [-0.2, -0.15) is 0 Å². The van der Waals surface area contributed by atoms with Gasteiger partial charge in [0, 0.05) is 63.2 Å². The number of Topliss-reactive ketones (excluding diaryl/α,β-unsaturated/α-hetero) is 1. The van der Waals surface area contributed by atoms with E-state index in [9.17, 15) is 24.0 Å². The molecule has 0 radical (unpaired) electrons. The van der Waals surface area contributed by atoms with Gasteiger partial charge in [0.25, 0.3) is 0 Å². The van der Waals surface area contributed by atoms with Crippen molar-refractivity contribution in [1.82, 2.24) is 0 Å². The van der Waals surface area contributed by atoms with Crippen LogP contribution in [-0.4, -0.2) is 54.1 Å². The first-order valence-electron chi connectivity index (χ1n) is 12.9. The minimum Gasteiger partial charge on any atom is -0.462 e. The largest absolute Gasteiger partial charge is 0.462 e. The molecule has 0 saturated heterocycles. The van der Waals surface area contributed by atoms with Crippen LogP contribution >= 0.6 is 0 Å². The van der Waals surface area contributed by atoms with Crippen molar-refractivity contribution in [3.05, 3.63) is 12.2 Å². The summed E-state index contributed by atoms with van der Waals surface area (Å²) < 4.78 is 23.5. The summed E-state index contributed by atoms with van der Waals surface area (Å²) in [6.07, 6.45) is -2.38. The Morgan fingerprint density at radius 3 is 1.86 bits per heavy atom. The monoisotopic (exact) mass is 520 g/mol. The van der Waals surface area contributed by atoms with Crippen molar-refractivity contribution in [3.63, 3.8) is 0 Å². The minimum absolute atomic E-state index is 0.0493. The number of carbonyl (C=O) groups excluding carboxylic acids is 5. The van der Waals surface area contributed by atoms with Gasteiger partial charge in [-0.3, -0.25) is 24.0 Å². The molecular weight excluding hydrogens is 480 g/mol. The fourth-order valence-corrected chi connectivity index (χ4v) is 7.50. The molecule has 3 saturated carbocycles. The van der Waals surface area contributed by atoms with Gasteiger partial charge in [-0.05, 0) is 23.8 Å². The van der Waals surface area contributed by atoms with Crippen LogP contribution in [0.25, 0.3) is 0 Å². The van der Waals surface area contributed by atoms with Gasteiger partial charge in [-0.1, -0.05) is 34.3 Å². The van der Waals surface area contributed by atoms with E-state index in [1.54, 1.807) is 0 Å². The molecule has 0 aromatic heterocycles. The predicted molar refractivity (Wildman–Crippen MR) is 132 cm³/mol. The van der Waals surface area contributed by atoms with E-state index in [1.807, 2.05) is 27.7 Å². The van der Waals surface area contributed by atoms with Gasteiger partial charge in [-0.15, -0.1) is 0 Å². The lowest BCUT2D eigenvalue weighted by molar-refractivity contribution is -0.235. The smallest absolute Gasteiger partial charge is 0.303 e. The summed E-state index contributed by atoms with van der Waals surface area (Å²) in [4.78, 5) is 62.7. The van der Waals surface area contributed by atoms with Gasteiger partial charge < -0.3 is 18.9 Å². The zero-order chi connectivity index (χ0) is 28.0. The lowest BCUT2D eigenvalue weighted by Crippen LogP contribution is -2.67. The Morgan fingerprint density at radius 2 is 1.35 bits per heavy atom. The SMILES string of the molecule is C=C1C(OC(C)=O)CCC2(C)C(OC(C)=O)C(OC(C)=O)C3C(C)C(=O)CC(C(OC(C)=O)C12)C3(C)C. The van der Waals surface area contributed by atoms with E-state index >= 15 is 0 Å². The number of ketones is 1. The molecule has 9 nitrogen and oxygen atoms in total. The number of hydrogen-bond donors (Lipinski definition) is 0. The van der Waals surface area contributed by atoms with Gasteiger partial charge >= 0.3 is 23.9 Å². The lowest BCUT2D eigenvalue weighted by Gasteiger charge is -2.61. The van der Waals surface area contributed by atoms with Crippen LogP contribution in [0.2, 0.25) is 0 Å². The Morgan fingerprint density at radius 1 is 0.838 bits per heavy atom. The molecule has 3 aliphatic carbocycles. The first kappa shape index (κ1) is 28.9. The highest BCUT2D eigenvalue weighted by Crippen LogP contribution is 2.61. The average Bonchev–Trinajstić information content (AvgIpc) is 2.74. The Kier molecular flexibility index (Phi) is 7.97. The fraction of sp³-hybridized carbons (Fsp3) is 0.750. The summed E-state index contributed by atoms with van der Waals surface area (Å²) in [5.41, 5.74) is -1.07. The highest BCUT2D eigenvalue weighted by atomic mass is 16.6. The molecule has 9 atom stereocenters. The van der Waals surface area contributed by atoms with E-state index in [-0.39, 0.29) is 12.2 Å². The zero-order valence-electron chi connectivity index (χ0n) is 23.1. The number of esters is 4. The van der Waals surface area contributed by atoms with Crippen molar-refractivity contribution in [2.45, 2.75) is 99.1 Å². The summed E-state index contributed by atoms with van der Waals surface area (Å²) in [6, 6.07) is 0. The molecule has 0 heterocycles. The molecule has 0 aromatic rings. The van der Waals surface area contributed by atoms with E-state index in [0.29, 0.717) is 18.4 Å². The maximum atomic E-state index is 13.4. The molecule has 3 aliphatic rings. The van der Waals surface area contributed by atoms with Gasteiger partial charge in [0.05, 0.1) is 0 Å². The molecule has 0 spiro atoms. The molecule has 0 amide bonds. The zero-order valence-corrected chi connectivity index (χ0v) is 23.1. The van der Waals surface area contributed by atoms with Crippen molar-refractivity contribution < 1.29 is 42.9 Å². The number of hydrogen-bond acceptors (Lipinski definition) is 9. The lowest BCUT2D eigenvalue weighted by atomic mass is 9.46. The van der Waals surface area contributed by atoms with Crippen LogP contribution < -0.4 is 0 Å². The number of carbonyl (C=O) groups is 5. The summed E-state index contributed by atoms with van der Waals surface area (Å²) >= 11 is 0. The average molecular weight is 521 g/mol. The summed E-state index contributed by atoms with van der Waals surface area (Å²) in [5.74, 6) is -4.26. The third-order valence-electron chi connectivity index (χ3n) is 8.98. The van der Waals surface area contributed by atoms with Crippen LogP contribution in [0.3, 0.4) is 0 Å². The maximum absolute atomic E-state index is 13.4. The van der Waals surface area contributed by atoms with Crippen molar-refractivity contribution in [1.29, 1.82) is 0 Å². The van der Waals surface area contributed by atoms with E-state index in [0.717, 1.165) is 0 Å². The van der Waals surface area contributed by atoms with Gasteiger partial charge in [-0.25, -0.2) is 0 Å². The van der Waals surface area contributed by atoms with Crippen LogP contribution in [0, 0.1) is 34.5 Å². The summed E-state index contributed by atoms with van der Waals surface area (Å²) in [7, 11) is 0. The standard InChI is InChI=1S/C28H40O9/c1-13-20(33)12-19-24(35-16(4)30)23-14(2)21(34-15(3)29)10-11-28(23,9)26(37-18(6)32)25(36-17(5)31)22(13)27(19,7)8/h13,19,21-26H,2,10-12H2,1,3-9H3. The summed E-state index contributed by atoms with van der Waals surface area (Å²) in [5, 5.41) is 0. The second-order valence-corrected chi connectivity index (χ2v) is 11.8. The highest BCUT2D eigenvalue weighted by Gasteiger charge is 2.66. The quantitative estimate of drug-likeness (QED) is 0.311. The van der Waals surface area contributed by atoms with Gasteiger partial charge in [0.15, 0.2) is 0 Å². The molecular formula is C28H40O9. The van der Waals surface area contributed by atoms with E-state index < -0.39 is 82.8 Å². The second-order valence-electron chi connectivity index (χ2n) is 11.8. The molecule has 9 heteroatoms. The first-order chi connectivity index (χ1) is 17.0. The molecule has 3 rings (SSSR count). The fourth-order valence-electron chi connectivity index (χ4n) is 7.50. The van der Waals surface area contributed by atoms with E-state index in [2.05, 4.69) is 6.58 Å². The number of ether oxygens (including phenoxy) is 4. The Bertz CT molecular complexity index is 998. The molecule has 2 bridgehead atoms. The van der Waals surface area contributed by atoms with Crippen molar-refractivity contribution in [2.75, 3.05) is 0 Å². The number of fused-ring (bicyclic) bond motifs is 3. The van der Waals surface area contributed by atoms with Crippen LogP contribution in [0.4, 0.5) is 0 Å². The molecule has 0 N–H and O–H groups in total. The normalized spacial score (nSPS) is 38.8. The van der Waals surface area contributed by atoms with E-state index in [1.165, 1.54) is 27.7 Å². The highest BCUT2D eigenvalue weighted by molar-refractivity contribution is 5.83. The number of rotatable bonds is 4. The predicted octanol–water partition coefficient (Wildman–Crippen LogP) is 3.57. The third-order valence-corrected chi connectivity index (χ3v) is 8.98. The van der Waals surface area contributed by atoms with Crippen molar-refractivity contribution >= 4 is 29.7 Å². The van der Waals surface area contributed by atoms with Crippen LogP contribution in [0.5, 0.6) is 0 Å². The van der Waals surface area contributed by atoms with Gasteiger partial charge in [0.2, 0.25) is 0 Å².